The van der Waals surface area contributed by atoms with Gasteiger partial charge < -0.3 is 14.5 Å². The van der Waals surface area contributed by atoms with Crippen LogP contribution in [-0.2, 0) is 16.1 Å². The van der Waals surface area contributed by atoms with Crippen molar-refractivity contribution in [3.63, 3.8) is 0 Å². The first-order valence-corrected chi connectivity index (χ1v) is 12.1. The normalized spacial score (nSPS) is 20.1. The molecule has 2 amide bonds. The largest absolute Gasteiger partial charge is 0.497 e. The van der Waals surface area contributed by atoms with Gasteiger partial charge in [-0.15, -0.1) is 0 Å². The minimum atomic E-state index is -0.546. The average molecular weight is 482 g/mol. The summed E-state index contributed by atoms with van der Waals surface area (Å²) >= 11 is 0. The second-order valence-electron chi connectivity index (χ2n) is 9.28. The molecule has 2 aliphatic rings. The zero-order valence-electron chi connectivity index (χ0n) is 20.2. The van der Waals surface area contributed by atoms with Crippen LogP contribution in [-0.4, -0.2) is 48.5 Å². The Bertz CT molecular complexity index is 1460. The molecule has 36 heavy (non-hydrogen) atoms. The number of anilines is 1. The molecular weight excluding hydrogens is 454 g/mol. The van der Waals surface area contributed by atoms with Gasteiger partial charge in [-0.1, -0.05) is 48.5 Å². The second kappa shape index (κ2) is 8.84. The molecular formula is C29H27N3O4. The summed E-state index contributed by atoms with van der Waals surface area (Å²) < 4.78 is 10.8. The van der Waals surface area contributed by atoms with E-state index in [9.17, 15) is 9.59 Å². The smallest absolute Gasteiger partial charge is 0.251 e. The molecule has 7 heteroatoms. The molecule has 1 aromatic heterocycles. The number of benzene rings is 3. The van der Waals surface area contributed by atoms with Crippen LogP contribution in [0.5, 0.6) is 11.5 Å². The predicted octanol–water partition coefficient (Wildman–Crippen LogP) is 4.46. The van der Waals surface area contributed by atoms with Crippen molar-refractivity contribution in [3.8, 4) is 11.5 Å². The highest BCUT2D eigenvalue weighted by Gasteiger charge is 2.46. The van der Waals surface area contributed by atoms with Gasteiger partial charge in [0, 0.05) is 41.7 Å². The fourth-order valence-electron chi connectivity index (χ4n) is 5.65. The maximum atomic E-state index is 13.7. The number of rotatable bonds is 5. The number of fused-ring (bicyclic) bond motifs is 3. The number of methoxy groups -OCH3 is 2. The summed E-state index contributed by atoms with van der Waals surface area (Å²) in [6.45, 7) is 1.22. The molecule has 4 aromatic rings. The van der Waals surface area contributed by atoms with Gasteiger partial charge in [-0.2, -0.15) is 0 Å². The first kappa shape index (κ1) is 22.4. The fraction of sp³-hybridized carbons (Fsp3) is 0.241. The second-order valence-corrected chi connectivity index (χ2v) is 9.28. The van der Waals surface area contributed by atoms with Crippen molar-refractivity contribution in [3.05, 3.63) is 89.6 Å². The summed E-state index contributed by atoms with van der Waals surface area (Å²) in [5, 5.41) is 1.21. The summed E-state index contributed by atoms with van der Waals surface area (Å²) in [7, 11) is 3.09. The first-order chi connectivity index (χ1) is 17.6. The van der Waals surface area contributed by atoms with Crippen molar-refractivity contribution < 1.29 is 19.1 Å². The van der Waals surface area contributed by atoms with Crippen molar-refractivity contribution in [2.45, 2.75) is 24.9 Å². The van der Waals surface area contributed by atoms with Crippen LogP contribution in [0.3, 0.4) is 0 Å². The monoisotopic (exact) mass is 481 g/mol. The SMILES string of the molecule is COc1ccc(N2C(=O)C[C@@H](N3Cc4[nH]c5ccccc5c4[C@H](c4ccccc4)C3)C2=O)c(OC)c1. The Morgan fingerprint density at radius 3 is 2.47 bits per heavy atom. The van der Waals surface area contributed by atoms with Gasteiger partial charge in [-0.25, -0.2) is 4.90 Å². The Morgan fingerprint density at radius 1 is 0.917 bits per heavy atom. The van der Waals surface area contributed by atoms with E-state index in [1.807, 2.05) is 24.3 Å². The van der Waals surface area contributed by atoms with Gasteiger partial charge in [-0.3, -0.25) is 14.5 Å². The van der Waals surface area contributed by atoms with E-state index in [2.05, 4.69) is 40.2 Å². The van der Waals surface area contributed by atoms with Crippen molar-refractivity contribution in [1.29, 1.82) is 0 Å². The molecule has 0 aliphatic carbocycles. The van der Waals surface area contributed by atoms with Gasteiger partial charge in [-0.05, 0) is 29.3 Å². The quantitative estimate of drug-likeness (QED) is 0.426. The summed E-state index contributed by atoms with van der Waals surface area (Å²) in [6.07, 6.45) is 0.130. The number of nitrogens with one attached hydrogen (secondary N) is 1. The van der Waals surface area contributed by atoms with E-state index in [0.29, 0.717) is 30.3 Å². The van der Waals surface area contributed by atoms with Crippen molar-refractivity contribution >= 4 is 28.4 Å². The van der Waals surface area contributed by atoms with E-state index < -0.39 is 6.04 Å². The van der Waals surface area contributed by atoms with Crippen LogP contribution in [0.15, 0.2) is 72.8 Å². The number of carbonyl (C=O) groups excluding carboxylic acids is 2. The summed E-state index contributed by atoms with van der Waals surface area (Å²) in [5.74, 6) is 0.648. The highest BCUT2D eigenvalue weighted by atomic mass is 16.5. The number of amides is 2. The molecule has 0 saturated carbocycles. The lowest BCUT2D eigenvalue weighted by Gasteiger charge is -2.36. The maximum absolute atomic E-state index is 13.7. The number of hydrogen-bond donors (Lipinski definition) is 1. The number of carbonyl (C=O) groups is 2. The number of ether oxygens (including phenoxy) is 2. The van der Waals surface area contributed by atoms with E-state index in [-0.39, 0.29) is 24.2 Å². The van der Waals surface area contributed by atoms with E-state index >= 15 is 0 Å². The number of para-hydroxylation sites is 1. The van der Waals surface area contributed by atoms with Gasteiger partial charge in [0.2, 0.25) is 5.91 Å². The number of hydrogen-bond acceptors (Lipinski definition) is 5. The Kier molecular flexibility index (Phi) is 5.49. The number of H-pyrrole nitrogens is 1. The molecule has 3 heterocycles. The number of nitrogens with zero attached hydrogens (tertiary/aromatic N) is 2. The summed E-state index contributed by atoms with van der Waals surface area (Å²) in [6, 6.07) is 23.3. The molecule has 2 aliphatic heterocycles. The number of imide groups is 1. The highest BCUT2D eigenvalue weighted by molar-refractivity contribution is 6.23. The minimum Gasteiger partial charge on any atom is -0.497 e. The van der Waals surface area contributed by atoms with E-state index in [1.165, 1.54) is 28.5 Å². The third-order valence-electron chi connectivity index (χ3n) is 7.35. The predicted molar refractivity (Wildman–Crippen MR) is 137 cm³/mol. The third-order valence-corrected chi connectivity index (χ3v) is 7.35. The van der Waals surface area contributed by atoms with Crippen LogP contribution in [0.2, 0.25) is 0 Å². The zero-order valence-corrected chi connectivity index (χ0v) is 20.2. The third kappa shape index (κ3) is 3.55. The van der Waals surface area contributed by atoms with Crippen LogP contribution >= 0.6 is 0 Å². The number of aromatic amines is 1. The molecule has 7 nitrogen and oxygen atoms in total. The lowest BCUT2D eigenvalue weighted by atomic mass is 9.85. The molecule has 3 aromatic carbocycles. The molecule has 2 atom stereocenters. The summed E-state index contributed by atoms with van der Waals surface area (Å²) in [4.78, 5) is 33.9. The van der Waals surface area contributed by atoms with Crippen LogP contribution in [0.1, 0.15) is 29.2 Å². The first-order valence-electron chi connectivity index (χ1n) is 12.1. The highest BCUT2D eigenvalue weighted by Crippen LogP contribution is 2.41. The van der Waals surface area contributed by atoms with Crippen LogP contribution < -0.4 is 14.4 Å². The Labute approximate surface area is 209 Å². The van der Waals surface area contributed by atoms with E-state index in [1.54, 1.807) is 25.3 Å². The minimum absolute atomic E-state index is 0.0820. The molecule has 1 fully saturated rings. The lowest BCUT2D eigenvalue weighted by molar-refractivity contribution is -0.123. The average Bonchev–Trinajstić information content (AvgIpc) is 3.44. The fourth-order valence-corrected chi connectivity index (χ4v) is 5.65. The van der Waals surface area contributed by atoms with Crippen molar-refractivity contribution in [2.75, 3.05) is 25.7 Å². The van der Waals surface area contributed by atoms with Crippen LogP contribution in [0, 0.1) is 0 Å². The van der Waals surface area contributed by atoms with E-state index in [0.717, 1.165) is 11.2 Å². The van der Waals surface area contributed by atoms with Gasteiger partial charge in [0.1, 0.15) is 11.5 Å². The maximum Gasteiger partial charge on any atom is 0.251 e. The molecule has 0 spiro atoms. The van der Waals surface area contributed by atoms with Crippen molar-refractivity contribution in [1.82, 2.24) is 9.88 Å². The zero-order chi connectivity index (χ0) is 24.8. The van der Waals surface area contributed by atoms with Gasteiger partial charge in [0.05, 0.1) is 32.4 Å². The van der Waals surface area contributed by atoms with Crippen LogP contribution in [0.4, 0.5) is 5.69 Å². The van der Waals surface area contributed by atoms with Crippen molar-refractivity contribution in [2.24, 2.45) is 0 Å². The molecule has 182 valence electrons. The Hall–Kier alpha value is -4.10. The standard InChI is InChI=1S/C29H27N3O4/c1-35-19-12-13-24(26(14-19)36-2)32-27(33)15-25(29(32)34)31-16-21(18-8-4-3-5-9-18)28-20-10-6-7-11-22(20)30-23(28)17-31/h3-14,21,25,30H,15-17H2,1-2H3/t21-,25+/m0/s1. The van der Waals surface area contributed by atoms with E-state index in [4.69, 9.17) is 9.47 Å². The lowest BCUT2D eigenvalue weighted by Crippen LogP contribution is -2.45. The van der Waals surface area contributed by atoms with Gasteiger partial charge >= 0.3 is 0 Å². The molecule has 1 N–H and O–H groups in total. The van der Waals surface area contributed by atoms with Gasteiger partial charge in [0.25, 0.3) is 5.91 Å². The molecule has 0 radical (unpaired) electrons. The Balaban J connectivity index is 1.37. The molecule has 6 rings (SSSR count). The van der Waals surface area contributed by atoms with Gasteiger partial charge in [0.15, 0.2) is 0 Å². The number of aromatic nitrogens is 1. The molecule has 0 unspecified atom stereocenters. The molecule has 0 bridgehead atoms. The summed E-state index contributed by atoms with van der Waals surface area (Å²) in [5.41, 5.74) is 5.09. The van der Waals surface area contributed by atoms with Crippen LogP contribution in [0.25, 0.3) is 10.9 Å². The molecule has 1 saturated heterocycles. The topological polar surface area (TPSA) is 74.9 Å². The Morgan fingerprint density at radius 2 is 1.69 bits per heavy atom.